The van der Waals surface area contributed by atoms with Crippen LogP contribution >= 0.6 is 11.6 Å². The van der Waals surface area contributed by atoms with E-state index in [9.17, 15) is 4.79 Å². The summed E-state index contributed by atoms with van der Waals surface area (Å²) in [6.07, 6.45) is 0.844. The topological polar surface area (TPSA) is 17.1 Å². The van der Waals surface area contributed by atoms with Gasteiger partial charge in [-0.1, -0.05) is 60.1 Å². The molecular weight excluding hydrogens is 256 g/mol. The molecule has 0 atom stereocenters. The van der Waals surface area contributed by atoms with Gasteiger partial charge in [-0.3, -0.25) is 4.79 Å². The van der Waals surface area contributed by atoms with Gasteiger partial charge in [-0.25, -0.2) is 0 Å². The van der Waals surface area contributed by atoms with Gasteiger partial charge in [0.15, 0.2) is 6.29 Å². The predicted molar refractivity (Wildman–Crippen MR) is 79.8 cm³/mol. The standard InChI is InChI=1S/C17H11ClO/c18-16-7-3-6-15(11-19)17(16)14-9-8-12-4-1-2-5-13(12)10-14/h1-11H. The van der Waals surface area contributed by atoms with Gasteiger partial charge in [-0.2, -0.15) is 0 Å². The summed E-state index contributed by atoms with van der Waals surface area (Å²) in [5.74, 6) is 0. The number of fused-ring (bicyclic) bond motifs is 1. The summed E-state index contributed by atoms with van der Waals surface area (Å²) in [5.41, 5.74) is 2.37. The molecule has 0 unspecified atom stereocenters. The van der Waals surface area contributed by atoms with E-state index < -0.39 is 0 Å². The maximum atomic E-state index is 11.2. The van der Waals surface area contributed by atoms with Crippen LogP contribution in [0.3, 0.4) is 0 Å². The molecule has 3 aromatic rings. The average molecular weight is 267 g/mol. The van der Waals surface area contributed by atoms with Crippen LogP contribution in [0.2, 0.25) is 5.02 Å². The molecule has 0 aromatic heterocycles. The Morgan fingerprint density at radius 3 is 2.42 bits per heavy atom. The predicted octanol–water partition coefficient (Wildman–Crippen LogP) is 4.97. The van der Waals surface area contributed by atoms with Crippen molar-refractivity contribution in [3.63, 3.8) is 0 Å². The van der Waals surface area contributed by atoms with E-state index >= 15 is 0 Å². The molecule has 2 heteroatoms. The van der Waals surface area contributed by atoms with Crippen molar-refractivity contribution >= 4 is 28.7 Å². The molecule has 0 aliphatic heterocycles. The smallest absolute Gasteiger partial charge is 0.150 e. The summed E-state index contributed by atoms with van der Waals surface area (Å²) < 4.78 is 0. The van der Waals surface area contributed by atoms with Crippen LogP contribution in [0.15, 0.2) is 60.7 Å². The van der Waals surface area contributed by atoms with E-state index in [0.29, 0.717) is 10.6 Å². The Labute approximate surface area is 116 Å². The molecule has 0 fully saturated rings. The van der Waals surface area contributed by atoms with E-state index in [1.54, 1.807) is 18.2 Å². The highest BCUT2D eigenvalue weighted by Gasteiger charge is 2.09. The third kappa shape index (κ3) is 2.13. The molecule has 0 aliphatic rings. The fraction of sp³-hybridized carbons (Fsp3) is 0. The minimum atomic E-state index is 0.597. The van der Waals surface area contributed by atoms with Crippen LogP contribution in [-0.2, 0) is 0 Å². The molecule has 3 aromatic carbocycles. The third-order valence-electron chi connectivity index (χ3n) is 3.21. The Balaban J connectivity index is 2.27. The lowest BCUT2D eigenvalue weighted by molar-refractivity contribution is 0.112. The van der Waals surface area contributed by atoms with Gasteiger partial charge in [0.25, 0.3) is 0 Å². The molecule has 0 heterocycles. The lowest BCUT2D eigenvalue weighted by Gasteiger charge is -2.08. The Morgan fingerprint density at radius 1 is 0.842 bits per heavy atom. The fourth-order valence-corrected chi connectivity index (χ4v) is 2.58. The molecule has 0 bridgehead atoms. The van der Waals surface area contributed by atoms with Crippen LogP contribution in [0.1, 0.15) is 10.4 Å². The molecule has 0 N–H and O–H groups in total. The number of rotatable bonds is 2. The molecule has 92 valence electrons. The van der Waals surface area contributed by atoms with E-state index in [1.807, 2.05) is 24.3 Å². The maximum absolute atomic E-state index is 11.2. The van der Waals surface area contributed by atoms with E-state index in [4.69, 9.17) is 11.6 Å². The van der Waals surface area contributed by atoms with Crippen LogP contribution in [-0.4, -0.2) is 6.29 Å². The fourth-order valence-electron chi connectivity index (χ4n) is 2.29. The van der Waals surface area contributed by atoms with Gasteiger partial charge in [-0.15, -0.1) is 0 Å². The summed E-state index contributed by atoms with van der Waals surface area (Å²) in [6, 6.07) is 19.6. The number of benzene rings is 3. The van der Waals surface area contributed by atoms with Crippen LogP contribution in [0.25, 0.3) is 21.9 Å². The summed E-state index contributed by atoms with van der Waals surface area (Å²) >= 11 is 6.23. The monoisotopic (exact) mass is 266 g/mol. The summed E-state index contributed by atoms with van der Waals surface area (Å²) in [5, 5.41) is 2.91. The molecule has 0 saturated carbocycles. The first-order valence-corrected chi connectivity index (χ1v) is 6.40. The van der Waals surface area contributed by atoms with Crippen LogP contribution in [0.5, 0.6) is 0 Å². The summed E-state index contributed by atoms with van der Waals surface area (Å²) in [6.45, 7) is 0. The van der Waals surface area contributed by atoms with Crippen molar-refractivity contribution in [3.05, 3.63) is 71.2 Å². The number of carbonyl (C=O) groups excluding carboxylic acids is 1. The summed E-state index contributed by atoms with van der Waals surface area (Å²) in [4.78, 5) is 11.2. The van der Waals surface area contributed by atoms with Gasteiger partial charge in [0, 0.05) is 16.1 Å². The van der Waals surface area contributed by atoms with Crippen LogP contribution < -0.4 is 0 Å². The minimum Gasteiger partial charge on any atom is -0.298 e. The first kappa shape index (κ1) is 11.9. The normalized spacial score (nSPS) is 10.6. The first-order chi connectivity index (χ1) is 9.29. The SMILES string of the molecule is O=Cc1cccc(Cl)c1-c1ccc2ccccc2c1. The Kier molecular flexibility index (Phi) is 3.06. The lowest BCUT2D eigenvalue weighted by Crippen LogP contribution is -1.88. The van der Waals surface area contributed by atoms with Crippen LogP contribution in [0, 0.1) is 0 Å². The molecule has 0 saturated heterocycles. The van der Waals surface area contributed by atoms with Crippen molar-refractivity contribution < 1.29 is 4.79 Å². The van der Waals surface area contributed by atoms with Gasteiger partial charge in [0.2, 0.25) is 0 Å². The van der Waals surface area contributed by atoms with Crippen molar-refractivity contribution in [3.8, 4) is 11.1 Å². The number of aldehydes is 1. The Morgan fingerprint density at radius 2 is 1.63 bits per heavy atom. The third-order valence-corrected chi connectivity index (χ3v) is 3.53. The van der Waals surface area contributed by atoms with Crippen molar-refractivity contribution in [2.24, 2.45) is 0 Å². The highest BCUT2D eigenvalue weighted by atomic mass is 35.5. The lowest BCUT2D eigenvalue weighted by atomic mass is 9.97. The van der Waals surface area contributed by atoms with Crippen molar-refractivity contribution in [2.45, 2.75) is 0 Å². The number of hydrogen-bond acceptors (Lipinski definition) is 1. The largest absolute Gasteiger partial charge is 0.298 e. The Bertz CT molecular complexity index is 762. The zero-order valence-electron chi connectivity index (χ0n) is 10.1. The van der Waals surface area contributed by atoms with Crippen molar-refractivity contribution in [2.75, 3.05) is 0 Å². The molecule has 3 rings (SSSR count). The molecule has 19 heavy (non-hydrogen) atoms. The van der Waals surface area contributed by atoms with Gasteiger partial charge in [0.05, 0.1) is 0 Å². The molecular formula is C17H11ClO. The molecule has 0 radical (unpaired) electrons. The number of hydrogen-bond donors (Lipinski definition) is 0. The molecule has 0 amide bonds. The Hall–Kier alpha value is -2.12. The second-order valence-electron chi connectivity index (χ2n) is 4.38. The van der Waals surface area contributed by atoms with Crippen molar-refractivity contribution in [1.29, 1.82) is 0 Å². The van der Waals surface area contributed by atoms with E-state index in [-0.39, 0.29) is 0 Å². The zero-order valence-corrected chi connectivity index (χ0v) is 10.9. The second kappa shape index (κ2) is 4.87. The first-order valence-electron chi connectivity index (χ1n) is 6.02. The molecule has 1 nitrogen and oxygen atoms in total. The highest BCUT2D eigenvalue weighted by molar-refractivity contribution is 6.34. The van der Waals surface area contributed by atoms with Gasteiger partial charge < -0.3 is 0 Å². The van der Waals surface area contributed by atoms with E-state index in [0.717, 1.165) is 22.8 Å². The highest BCUT2D eigenvalue weighted by Crippen LogP contribution is 2.32. The minimum absolute atomic E-state index is 0.597. The van der Waals surface area contributed by atoms with Crippen LogP contribution in [0.4, 0.5) is 0 Å². The zero-order chi connectivity index (χ0) is 13.2. The maximum Gasteiger partial charge on any atom is 0.150 e. The van der Waals surface area contributed by atoms with Gasteiger partial charge in [-0.05, 0) is 28.5 Å². The number of carbonyl (C=O) groups is 1. The van der Waals surface area contributed by atoms with Gasteiger partial charge >= 0.3 is 0 Å². The molecule has 0 aliphatic carbocycles. The second-order valence-corrected chi connectivity index (χ2v) is 4.79. The molecule has 0 spiro atoms. The van der Waals surface area contributed by atoms with E-state index in [2.05, 4.69) is 18.2 Å². The average Bonchev–Trinajstić information content (AvgIpc) is 2.46. The van der Waals surface area contributed by atoms with Gasteiger partial charge in [0.1, 0.15) is 0 Å². The summed E-state index contributed by atoms with van der Waals surface area (Å²) in [7, 11) is 0. The number of halogens is 1. The quantitative estimate of drug-likeness (QED) is 0.598. The van der Waals surface area contributed by atoms with Crippen molar-refractivity contribution in [1.82, 2.24) is 0 Å². The van der Waals surface area contributed by atoms with E-state index in [1.165, 1.54) is 5.39 Å².